The Kier molecular flexibility index (Phi) is 7.90. The molecule has 0 heterocycles. The lowest BCUT2D eigenvalue weighted by molar-refractivity contribution is 1.14. The van der Waals surface area contributed by atoms with E-state index in [9.17, 15) is 0 Å². The largest absolute Gasteiger partial charge is 0.0616 e. The molecule has 282 valence electrons. The molecule has 0 saturated heterocycles. The van der Waals surface area contributed by atoms with Gasteiger partial charge in [-0.3, -0.25) is 0 Å². The third-order valence-electron chi connectivity index (χ3n) is 13.4. The second-order valence-electron chi connectivity index (χ2n) is 16.5. The van der Waals surface area contributed by atoms with Crippen LogP contribution >= 0.6 is 0 Å². The summed E-state index contributed by atoms with van der Waals surface area (Å²) >= 11 is 0. The van der Waals surface area contributed by atoms with Crippen molar-refractivity contribution in [2.75, 3.05) is 0 Å². The SMILES string of the molecule is CCc1ccc(-c2cc(-c3cc4ccccc4c4ccccc34)c3ccc4c(-c5ccc(CC)cc5)cc(-c5cc6ccccc6c6ccccc56)c5ccc2c3c45)cc1. The molecule has 0 fully saturated rings. The summed E-state index contributed by atoms with van der Waals surface area (Å²) in [6.45, 7) is 4.47. The Morgan fingerprint density at radius 2 is 0.567 bits per heavy atom. The minimum absolute atomic E-state index is 1.02. The molecule has 0 saturated carbocycles. The zero-order chi connectivity index (χ0) is 39.9. The predicted octanol–water partition coefficient (Wildman–Crippen LogP) is 17.0. The van der Waals surface area contributed by atoms with Crippen LogP contribution in [0.5, 0.6) is 0 Å². The third kappa shape index (κ3) is 5.24. The average molecular weight is 763 g/mol. The van der Waals surface area contributed by atoms with Crippen LogP contribution in [0, 0.1) is 0 Å². The molecule has 0 aliphatic heterocycles. The number of rotatable bonds is 6. The van der Waals surface area contributed by atoms with Crippen molar-refractivity contribution >= 4 is 75.4 Å². The summed E-state index contributed by atoms with van der Waals surface area (Å²) in [6.07, 6.45) is 2.03. The minimum atomic E-state index is 1.02. The van der Waals surface area contributed by atoms with Crippen LogP contribution in [0.15, 0.2) is 194 Å². The average Bonchev–Trinajstić information content (AvgIpc) is 3.32. The van der Waals surface area contributed by atoms with Gasteiger partial charge in [0.05, 0.1) is 0 Å². The molecule has 0 amide bonds. The molecule has 60 heavy (non-hydrogen) atoms. The Hall–Kier alpha value is -7.28. The van der Waals surface area contributed by atoms with Crippen molar-refractivity contribution < 1.29 is 0 Å². The smallest absolute Gasteiger partial charge is 0.00139 e. The van der Waals surface area contributed by atoms with Crippen molar-refractivity contribution in [2.24, 2.45) is 0 Å². The van der Waals surface area contributed by atoms with Gasteiger partial charge in [0.1, 0.15) is 0 Å². The predicted molar refractivity (Wildman–Crippen MR) is 261 cm³/mol. The second kappa shape index (κ2) is 13.7. The summed E-state index contributed by atoms with van der Waals surface area (Å²) < 4.78 is 0. The molecular weight excluding hydrogens is 721 g/mol. The first kappa shape index (κ1) is 34.7. The highest BCUT2D eigenvalue weighted by Crippen LogP contribution is 2.50. The van der Waals surface area contributed by atoms with E-state index in [-0.39, 0.29) is 0 Å². The molecule has 0 unspecified atom stereocenters. The van der Waals surface area contributed by atoms with Gasteiger partial charge in [0, 0.05) is 0 Å². The highest BCUT2D eigenvalue weighted by molar-refractivity contribution is 6.33. The van der Waals surface area contributed by atoms with Crippen molar-refractivity contribution in [1.29, 1.82) is 0 Å². The van der Waals surface area contributed by atoms with Crippen LogP contribution in [0.2, 0.25) is 0 Å². The van der Waals surface area contributed by atoms with Crippen LogP contribution in [0.1, 0.15) is 25.0 Å². The molecule has 0 bridgehead atoms. The number of hydrogen-bond donors (Lipinski definition) is 0. The van der Waals surface area contributed by atoms with Crippen molar-refractivity contribution in [3.63, 3.8) is 0 Å². The number of benzene rings is 12. The van der Waals surface area contributed by atoms with E-state index in [4.69, 9.17) is 0 Å². The Morgan fingerprint density at radius 1 is 0.250 bits per heavy atom. The topological polar surface area (TPSA) is 0 Å². The fourth-order valence-corrected chi connectivity index (χ4v) is 10.3. The number of fused-ring (bicyclic) bond motifs is 6. The van der Waals surface area contributed by atoms with E-state index in [0.29, 0.717) is 0 Å². The van der Waals surface area contributed by atoms with Crippen molar-refractivity contribution in [1.82, 2.24) is 0 Å². The maximum atomic E-state index is 2.49. The van der Waals surface area contributed by atoms with Crippen LogP contribution in [0.25, 0.3) is 120 Å². The molecule has 0 atom stereocenters. The molecular formula is C60H42. The monoisotopic (exact) mass is 762 g/mol. The van der Waals surface area contributed by atoms with Crippen LogP contribution in [-0.2, 0) is 12.8 Å². The summed E-state index contributed by atoms with van der Waals surface area (Å²) in [5, 5.41) is 18.0. The van der Waals surface area contributed by atoms with Crippen molar-refractivity contribution in [3.05, 3.63) is 205 Å². The molecule has 0 aromatic heterocycles. The first-order valence-corrected chi connectivity index (χ1v) is 21.5. The van der Waals surface area contributed by atoms with Gasteiger partial charge >= 0.3 is 0 Å². The fraction of sp³-hybridized carbons (Fsp3) is 0.0667. The molecule has 12 aromatic carbocycles. The van der Waals surface area contributed by atoms with Gasteiger partial charge in [0.15, 0.2) is 0 Å². The van der Waals surface area contributed by atoms with Gasteiger partial charge in [-0.15, -0.1) is 0 Å². The summed E-state index contributed by atoms with van der Waals surface area (Å²) in [7, 11) is 0. The molecule has 12 aromatic rings. The second-order valence-corrected chi connectivity index (χ2v) is 16.5. The molecule has 0 nitrogen and oxygen atoms in total. The van der Waals surface area contributed by atoms with E-state index in [1.54, 1.807) is 0 Å². The molecule has 0 aliphatic carbocycles. The van der Waals surface area contributed by atoms with E-state index in [0.717, 1.165) is 12.8 Å². The van der Waals surface area contributed by atoms with Gasteiger partial charge in [-0.05, 0) is 168 Å². The van der Waals surface area contributed by atoms with Gasteiger partial charge in [0.2, 0.25) is 0 Å². The van der Waals surface area contributed by atoms with Gasteiger partial charge in [0.25, 0.3) is 0 Å². The van der Waals surface area contributed by atoms with E-state index in [1.165, 1.54) is 131 Å². The fourth-order valence-electron chi connectivity index (χ4n) is 10.3. The zero-order valence-electron chi connectivity index (χ0n) is 33.9. The Balaban J connectivity index is 1.27. The van der Waals surface area contributed by atoms with Crippen LogP contribution in [-0.4, -0.2) is 0 Å². The summed E-state index contributed by atoms with van der Waals surface area (Å²) in [5.41, 5.74) is 12.8. The lowest BCUT2D eigenvalue weighted by Crippen LogP contribution is -1.95. The zero-order valence-corrected chi connectivity index (χ0v) is 33.9. The van der Waals surface area contributed by atoms with Crippen molar-refractivity contribution in [2.45, 2.75) is 26.7 Å². The normalized spacial score (nSPS) is 12.0. The minimum Gasteiger partial charge on any atom is -0.0616 e. The maximum absolute atomic E-state index is 2.49. The molecule has 0 heteroatoms. The van der Waals surface area contributed by atoms with Crippen LogP contribution in [0.4, 0.5) is 0 Å². The standard InChI is InChI=1S/C60H42/c1-3-37-21-25-39(26-22-37)53-35-57(55-33-41-13-5-7-15-43(41)45-17-9-11-19-47(45)55)51-32-30-50-54(40-27-23-38(4-2)24-28-40)36-58(52-31-29-49(53)59(51)60(50)52)56-34-42-14-6-8-16-44(42)46-18-10-12-20-48(46)56/h5-36H,3-4H2,1-2H3. The summed E-state index contributed by atoms with van der Waals surface area (Å²) in [5.74, 6) is 0. The van der Waals surface area contributed by atoms with E-state index in [1.807, 2.05) is 0 Å². The van der Waals surface area contributed by atoms with Crippen LogP contribution in [0.3, 0.4) is 0 Å². The van der Waals surface area contributed by atoms with E-state index >= 15 is 0 Å². The Bertz CT molecular complexity index is 3400. The molecule has 0 aliphatic rings. The molecule has 0 N–H and O–H groups in total. The molecule has 12 rings (SSSR count). The number of aryl methyl sites for hydroxylation is 2. The van der Waals surface area contributed by atoms with Gasteiger partial charge < -0.3 is 0 Å². The quantitative estimate of drug-likeness (QED) is 0.148. The lowest BCUT2D eigenvalue weighted by atomic mass is 9.80. The van der Waals surface area contributed by atoms with Crippen LogP contribution < -0.4 is 0 Å². The lowest BCUT2D eigenvalue weighted by Gasteiger charge is -2.23. The third-order valence-corrected chi connectivity index (χ3v) is 13.4. The summed E-state index contributed by atoms with van der Waals surface area (Å²) in [4.78, 5) is 0. The van der Waals surface area contributed by atoms with E-state index < -0.39 is 0 Å². The maximum Gasteiger partial charge on any atom is -0.00139 e. The summed E-state index contributed by atoms with van der Waals surface area (Å²) in [6, 6.07) is 73.7. The Labute approximate surface area is 350 Å². The molecule has 0 radical (unpaired) electrons. The highest BCUT2D eigenvalue weighted by Gasteiger charge is 2.23. The van der Waals surface area contributed by atoms with Gasteiger partial charge in [-0.25, -0.2) is 0 Å². The first-order chi connectivity index (χ1) is 29.7. The highest BCUT2D eigenvalue weighted by atomic mass is 14.3. The number of hydrogen-bond acceptors (Lipinski definition) is 0. The Morgan fingerprint density at radius 3 is 0.950 bits per heavy atom. The van der Waals surface area contributed by atoms with Gasteiger partial charge in [-0.2, -0.15) is 0 Å². The van der Waals surface area contributed by atoms with Crippen molar-refractivity contribution in [3.8, 4) is 44.5 Å². The van der Waals surface area contributed by atoms with Gasteiger partial charge in [-0.1, -0.05) is 184 Å². The molecule has 0 spiro atoms. The van der Waals surface area contributed by atoms with E-state index in [2.05, 4.69) is 208 Å². The first-order valence-electron chi connectivity index (χ1n) is 21.5.